The van der Waals surface area contributed by atoms with Crippen LogP contribution in [0, 0.1) is 0 Å². The molecule has 0 fully saturated rings. The van der Waals surface area contributed by atoms with Gasteiger partial charge in [0.25, 0.3) is 0 Å². The Morgan fingerprint density at radius 1 is 1.19 bits per heavy atom. The third-order valence-electron chi connectivity index (χ3n) is 5.18. The van der Waals surface area contributed by atoms with Crippen LogP contribution in [0.15, 0.2) is 42.5 Å². The van der Waals surface area contributed by atoms with Gasteiger partial charge in [-0.1, -0.05) is 60.5 Å². The van der Waals surface area contributed by atoms with Gasteiger partial charge in [-0.3, -0.25) is 0 Å². The Labute approximate surface area is 165 Å². The molecule has 1 N–H and O–H groups in total. The Hall–Kier alpha value is -1.71. The number of halogens is 2. The molecule has 138 valence electrons. The van der Waals surface area contributed by atoms with E-state index in [0.29, 0.717) is 16.6 Å². The van der Waals surface area contributed by atoms with E-state index in [1.807, 2.05) is 43.1 Å². The minimum Gasteiger partial charge on any atom is -0.337 e. The van der Waals surface area contributed by atoms with Gasteiger partial charge in [0.2, 0.25) is 0 Å². The first-order valence-electron chi connectivity index (χ1n) is 9.01. The van der Waals surface area contributed by atoms with E-state index in [-0.39, 0.29) is 18.0 Å². The molecule has 2 atom stereocenters. The van der Waals surface area contributed by atoms with Crippen LogP contribution in [0.4, 0.5) is 4.79 Å². The van der Waals surface area contributed by atoms with Crippen LogP contribution in [-0.4, -0.2) is 24.5 Å². The molecule has 2 aromatic rings. The summed E-state index contributed by atoms with van der Waals surface area (Å²) in [6, 6.07) is 13.9. The molecule has 26 heavy (non-hydrogen) atoms. The van der Waals surface area contributed by atoms with Crippen molar-refractivity contribution in [2.45, 2.75) is 38.1 Å². The van der Waals surface area contributed by atoms with Crippen molar-refractivity contribution in [2.75, 3.05) is 13.6 Å². The van der Waals surface area contributed by atoms with Gasteiger partial charge in [-0.2, -0.15) is 0 Å². The van der Waals surface area contributed by atoms with Gasteiger partial charge in [0, 0.05) is 29.6 Å². The van der Waals surface area contributed by atoms with Crippen LogP contribution in [0.1, 0.15) is 48.4 Å². The van der Waals surface area contributed by atoms with E-state index in [0.717, 1.165) is 24.8 Å². The van der Waals surface area contributed by atoms with E-state index in [2.05, 4.69) is 23.5 Å². The minimum absolute atomic E-state index is 0.0344. The van der Waals surface area contributed by atoms with Crippen molar-refractivity contribution in [2.24, 2.45) is 0 Å². The second-order valence-corrected chi connectivity index (χ2v) is 7.75. The smallest absolute Gasteiger partial charge is 0.317 e. The van der Waals surface area contributed by atoms with Crippen LogP contribution in [-0.2, 0) is 6.42 Å². The van der Waals surface area contributed by atoms with Crippen LogP contribution in [0.2, 0.25) is 10.0 Å². The molecule has 0 bridgehead atoms. The molecule has 2 aromatic carbocycles. The number of fused-ring (bicyclic) bond motifs is 1. The summed E-state index contributed by atoms with van der Waals surface area (Å²) >= 11 is 12.5. The summed E-state index contributed by atoms with van der Waals surface area (Å²) in [6.45, 7) is 2.50. The maximum absolute atomic E-state index is 12.7. The van der Waals surface area contributed by atoms with Crippen LogP contribution in [0.5, 0.6) is 0 Å². The summed E-state index contributed by atoms with van der Waals surface area (Å²) in [6.07, 6.45) is 3.18. The van der Waals surface area contributed by atoms with Crippen molar-refractivity contribution in [3.8, 4) is 0 Å². The molecule has 1 aliphatic rings. The average molecular weight is 391 g/mol. The molecule has 0 aromatic heterocycles. The Morgan fingerprint density at radius 3 is 2.62 bits per heavy atom. The van der Waals surface area contributed by atoms with Gasteiger partial charge < -0.3 is 10.2 Å². The second kappa shape index (κ2) is 8.32. The fourth-order valence-corrected chi connectivity index (χ4v) is 4.49. The zero-order valence-corrected chi connectivity index (χ0v) is 16.6. The van der Waals surface area contributed by atoms with Crippen molar-refractivity contribution in [1.82, 2.24) is 10.2 Å². The number of carbonyl (C=O) groups excluding carboxylic acids is 1. The molecule has 0 heterocycles. The monoisotopic (exact) mass is 390 g/mol. The molecule has 0 radical (unpaired) electrons. The van der Waals surface area contributed by atoms with Gasteiger partial charge >= 0.3 is 6.03 Å². The Bertz CT molecular complexity index is 773. The number of rotatable bonds is 4. The topological polar surface area (TPSA) is 32.3 Å². The number of benzene rings is 2. The standard InChI is InChI=1S/C21H24Cl2N2O/c1-14(20-17(22)10-6-11-18(20)23)13-24-21(26)25(2)19-12-5-8-15-7-3-4-9-16(15)19/h3-4,6-7,9-11,14,19H,5,8,12-13H2,1-2H3,(H,24,26). The Balaban J connectivity index is 1.65. The molecule has 5 heteroatoms. The number of hydrogen-bond acceptors (Lipinski definition) is 1. The molecule has 2 amide bonds. The highest BCUT2D eigenvalue weighted by Crippen LogP contribution is 2.34. The van der Waals surface area contributed by atoms with Crippen molar-refractivity contribution in [1.29, 1.82) is 0 Å². The van der Waals surface area contributed by atoms with E-state index in [1.54, 1.807) is 0 Å². The first-order valence-corrected chi connectivity index (χ1v) is 9.77. The lowest BCUT2D eigenvalue weighted by molar-refractivity contribution is 0.183. The first kappa shape index (κ1) is 19.1. The number of nitrogens with one attached hydrogen (secondary N) is 1. The predicted octanol–water partition coefficient (Wildman–Crippen LogP) is 5.82. The number of aryl methyl sites for hydroxylation is 1. The maximum atomic E-state index is 12.7. The van der Waals surface area contributed by atoms with Crippen molar-refractivity contribution in [3.63, 3.8) is 0 Å². The molecule has 1 aliphatic carbocycles. The summed E-state index contributed by atoms with van der Waals surface area (Å²) < 4.78 is 0. The van der Waals surface area contributed by atoms with Crippen LogP contribution >= 0.6 is 23.2 Å². The third-order valence-corrected chi connectivity index (χ3v) is 5.84. The van der Waals surface area contributed by atoms with Crippen molar-refractivity contribution < 1.29 is 4.79 Å². The fraction of sp³-hybridized carbons (Fsp3) is 0.381. The molecular formula is C21H24Cl2N2O. The van der Waals surface area contributed by atoms with E-state index in [4.69, 9.17) is 23.2 Å². The predicted molar refractivity (Wildman–Crippen MR) is 108 cm³/mol. The number of nitrogens with zero attached hydrogens (tertiary/aromatic N) is 1. The van der Waals surface area contributed by atoms with E-state index >= 15 is 0 Å². The molecular weight excluding hydrogens is 367 g/mol. The van der Waals surface area contributed by atoms with E-state index in [1.165, 1.54) is 11.1 Å². The number of urea groups is 1. The quantitative estimate of drug-likeness (QED) is 0.700. The number of hydrogen-bond donors (Lipinski definition) is 1. The zero-order valence-electron chi connectivity index (χ0n) is 15.1. The highest BCUT2D eigenvalue weighted by atomic mass is 35.5. The molecule has 0 spiro atoms. The van der Waals surface area contributed by atoms with E-state index in [9.17, 15) is 4.79 Å². The Kier molecular flexibility index (Phi) is 6.10. The van der Waals surface area contributed by atoms with Crippen LogP contribution in [0.25, 0.3) is 0 Å². The third kappa shape index (κ3) is 3.99. The summed E-state index contributed by atoms with van der Waals surface area (Å²) in [5, 5.41) is 4.30. The molecule has 0 saturated carbocycles. The second-order valence-electron chi connectivity index (χ2n) is 6.94. The fourth-order valence-electron chi connectivity index (χ4n) is 3.72. The lowest BCUT2D eigenvalue weighted by Gasteiger charge is -2.33. The van der Waals surface area contributed by atoms with Gasteiger partial charge in [-0.15, -0.1) is 0 Å². The van der Waals surface area contributed by atoms with Crippen LogP contribution in [0.3, 0.4) is 0 Å². The Morgan fingerprint density at radius 2 is 1.88 bits per heavy atom. The highest BCUT2D eigenvalue weighted by molar-refractivity contribution is 6.36. The van der Waals surface area contributed by atoms with Gasteiger partial charge in [0.15, 0.2) is 0 Å². The number of amides is 2. The van der Waals surface area contributed by atoms with Gasteiger partial charge in [0.05, 0.1) is 6.04 Å². The molecule has 3 rings (SSSR count). The average Bonchev–Trinajstić information content (AvgIpc) is 2.65. The van der Waals surface area contributed by atoms with Gasteiger partial charge in [0.1, 0.15) is 0 Å². The highest BCUT2D eigenvalue weighted by Gasteiger charge is 2.26. The summed E-state index contributed by atoms with van der Waals surface area (Å²) in [4.78, 5) is 14.5. The normalized spacial score (nSPS) is 17.3. The molecule has 0 aliphatic heterocycles. The lowest BCUT2D eigenvalue weighted by Crippen LogP contribution is -2.41. The largest absolute Gasteiger partial charge is 0.337 e. The molecule has 3 nitrogen and oxygen atoms in total. The zero-order chi connectivity index (χ0) is 18.7. The molecule has 0 saturated heterocycles. The van der Waals surface area contributed by atoms with Crippen LogP contribution < -0.4 is 5.32 Å². The molecule has 2 unspecified atom stereocenters. The van der Waals surface area contributed by atoms with Crippen molar-refractivity contribution >= 4 is 29.2 Å². The minimum atomic E-state index is -0.0678. The van der Waals surface area contributed by atoms with Crippen molar-refractivity contribution in [3.05, 3.63) is 69.2 Å². The van der Waals surface area contributed by atoms with Gasteiger partial charge in [-0.05, 0) is 48.1 Å². The first-order chi connectivity index (χ1) is 12.5. The summed E-state index contributed by atoms with van der Waals surface area (Å²) in [5.41, 5.74) is 3.49. The maximum Gasteiger partial charge on any atom is 0.317 e. The number of carbonyl (C=O) groups is 1. The van der Waals surface area contributed by atoms with Gasteiger partial charge in [-0.25, -0.2) is 4.79 Å². The SMILES string of the molecule is CC(CNC(=O)N(C)C1CCCc2ccccc21)c1c(Cl)cccc1Cl. The summed E-state index contributed by atoms with van der Waals surface area (Å²) in [7, 11) is 1.87. The van der Waals surface area contributed by atoms with E-state index < -0.39 is 0 Å². The summed E-state index contributed by atoms with van der Waals surface area (Å²) in [5.74, 6) is 0.0344. The lowest BCUT2D eigenvalue weighted by atomic mass is 9.87.